The fraction of sp³-hybridized carbons (Fsp3) is 0.250. The highest BCUT2D eigenvalue weighted by Crippen LogP contribution is 2.12. The summed E-state index contributed by atoms with van der Waals surface area (Å²) < 4.78 is 10.7. The van der Waals surface area contributed by atoms with Crippen molar-refractivity contribution in [1.29, 1.82) is 0 Å². The van der Waals surface area contributed by atoms with Gasteiger partial charge in [0.15, 0.2) is 0 Å². The predicted molar refractivity (Wildman–Crippen MR) is 78.0 cm³/mol. The Labute approximate surface area is 123 Å². The molecule has 0 spiro atoms. The van der Waals surface area contributed by atoms with Crippen LogP contribution in [0, 0.1) is 25.7 Å². The number of furan rings is 1. The zero-order chi connectivity index (χ0) is 15.1. The summed E-state index contributed by atoms with van der Waals surface area (Å²) in [7, 11) is 0. The molecule has 1 amide bonds. The lowest BCUT2D eigenvalue weighted by Gasteiger charge is -2.00. The molecule has 0 bridgehead atoms. The molecule has 5 nitrogen and oxygen atoms in total. The normalized spacial score (nSPS) is 9.62. The van der Waals surface area contributed by atoms with Crippen molar-refractivity contribution in [3.8, 4) is 17.6 Å². The molecule has 0 aliphatic carbocycles. The quantitative estimate of drug-likeness (QED) is 0.873. The summed E-state index contributed by atoms with van der Waals surface area (Å²) in [5.41, 5.74) is 0.543. The first-order valence-electron chi connectivity index (χ1n) is 6.50. The number of nitrogens with zero attached hydrogens (tertiary/aromatic N) is 1. The molecule has 0 saturated carbocycles. The van der Waals surface area contributed by atoms with Crippen LogP contribution >= 0.6 is 0 Å². The van der Waals surface area contributed by atoms with Gasteiger partial charge in [0.2, 0.25) is 0 Å². The van der Waals surface area contributed by atoms with E-state index in [0.29, 0.717) is 22.8 Å². The minimum Gasteiger partial charge on any atom is -0.479 e. The summed E-state index contributed by atoms with van der Waals surface area (Å²) in [6, 6.07) is 5.31. The number of amides is 1. The van der Waals surface area contributed by atoms with Crippen LogP contribution in [-0.2, 0) is 0 Å². The molecule has 21 heavy (non-hydrogen) atoms. The Balaban J connectivity index is 1.74. The maximum atomic E-state index is 11.9. The fourth-order valence-corrected chi connectivity index (χ4v) is 1.74. The van der Waals surface area contributed by atoms with Crippen molar-refractivity contribution in [2.24, 2.45) is 0 Å². The van der Waals surface area contributed by atoms with Crippen LogP contribution in [0.15, 0.2) is 35.0 Å². The van der Waals surface area contributed by atoms with Crippen LogP contribution in [0.1, 0.15) is 21.9 Å². The van der Waals surface area contributed by atoms with E-state index in [1.165, 1.54) is 0 Å². The lowest BCUT2D eigenvalue weighted by molar-refractivity contribution is 0.0957. The average molecular weight is 284 g/mol. The second kappa shape index (κ2) is 7.15. The molecule has 0 radical (unpaired) electrons. The molecule has 0 atom stereocenters. The average Bonchev–Trinajstić information content (AvgIpc) is 2.82. The molecule has 108 valence electrons. The van der Waals surface area contributed by atoms with E-state index < -0.39 is 0 Å². The van der Waals surface area contributed by atoms with Gasteiger partial charge in [0.05, 0.1) is 18.3 Å². The van der Waals surface area contributed by atoms with Gasteiger partial charge in [-0.3, -0.25) is 9.78 Å². The van der Waals surface area contributed by atoms with Crippen LogP contribution in [0.25, 0.3) is 0 Å². The van der Waals surface area contributed by atoms with Gasteiger partial charge in [0.25, 0.3) is 5.91 Å². The van der Waals surface area contributed by atoms with Gasteiger partial charge in [-0.2, -0.15) is 0 Å². The van der Waals surface area contributed by atoms with Gasteiger partial charge in [-0.15, -0.1) is 0 Å². The van der Waals surface area contributed by atoms with Crippen LogP contribution in [-0.4, -0.2) is 24.0 Å². The van der Waals surface area contributed by atoms with Crippen molar-refractivity contribution in [3.05, 3.63) is 47.7 Å². The van der Waals surface area contributed by atoms with E-state index in [0.717, 1.165) is 0 Å². The Kier molecular flexibility index (Phi) is 4.99. The van der Waals surface area contributed by atoms with Crippen LogP contribution in [0.4, 0.5) is 0 Å². The van der Waals surface area contributed by atoms with Gasteiger partial charge in [-0.05, 0) is 32.0 Å². The van der Waals surface area contributed by atoms with E-state index in [-0.39, 0.29) is 19.1 Å². The molecule has 0 aliphatic rings. The number of hydrogen-bond acceptors (Lipinski definition) is 4. The van der Waals surface area contributed by atoms with Gasteiger partial charge in [0, 0.05) is 6.20 Å². The monoisotopic (exact) mass is 284 g/mol. The van der Waals surface area contributed by atoms with Crippen LogP contribution in [0.2, 0.25) is 0 Å². The van der Waals surface area contributed by atoms with Crippen molar-refractivity contribution < 1.29 is 13.9 Å². The molecule has 0 aromatic carbocycles. The second-order valence-electron chi connectivity index (χ2n) is 4.34. The number of rotatable bonds is 4. The van der Waals surface area contributed by atoms with Gasteiger partial charge < -0.3 is 14.5 Å². The summed E-state index contributed by atoms with van der Waals surface area (Å²) in [6.45, 7) is 4.08. The van der Waals surface area contributed by atoms with Crippen molar-refractivity contribution in [2.45, 2.75) is 13.8 Å². The minimum atomic E-state index is -0.188. The molecule has 1 N–H and O–H groups in total. The molecule has 2 aromatic heterocycles. The lowest BCUT2D eigenvalue weighted by atomic mass is 10.2. The van der Waals surface area contributed by atoms with E-state index in [9.17, 15) is 4.79 Å². The summed E-state index contributed by atoms with van der Waals surface area (Å²) in [4.78, 5) is 15.8. The molecule has 0 saturated heterocycles. The molecule has 2 aromatic rings. The van der Waals surface area contributed by atoms with Gasteiger partial charge in [-0.25, -0.2) is 0 Å². The molecule has 2 rings (SSSR count). The van der Waals surface area contributed by atoms with Crippen LogP contribution in [0.3, 0.4) is 0 Å². The number of hydrogen-bond donors (Lipinski definition) is 1. The van der Waals surface area contributed by atoms with Crippen LogP contribution in [0.5, 0.6) is 5.75 Å². The van der Waals surface area contributed by atoms with Gasteiger partial charge in [0.1, 0.15) is 23.9 Å². The fourth-order valence-electron chi connectivity index (χ4n) is 1.74. The number of carbonyl (C=O) groups excluding carboxylic acids is 1. The number of aromatic nitrogens is 1. The number of aryl methyl sites for hydroxylation is 2. The topological polar surface area (TPSA) is 64.4 Å². The van der Waals surface area contributed by atoms with Gasteiger partial charge in [-0.1, -0.05) is 11.8 Å². The maximum absolute atomic E-state index is 11.9. The number of ether oxygens (including phenoxy) is 1. The smallest absolute Gasteiger partial charge is 0.255 e. The maximum Gasteiger partial charge on any atom is 0.255 e. The SMILES string of the molecule is Cc1cc(C(=O)NCC#CCOc2cccnc2)c(C)o1. The highest BCUT2D eigenvalue weighted by Gasteiger charge is 2.11. The molecule has 2 heterocycles. The first-order valence-corrected chi connectivity index (χ1v) is 6.50. The number of nitrogens with one attached hydrogen (secondary N) is 1. The summed E-state index contributed by atoms with van der Waals surface area (Å²) in [5.74, 6) is 7.45. The first kappa shape index (κ1) is 14.7. The molecule has 0 fully saturated rings. The third kappa shape index (κ3) is 4.39. The highest BCUT2D eigenvalue weighted by atomic mass is 16.5. The van der Waals surface area contributed by atoms with E-state index in [2.05, 4.69) is 22.1 Å². The summed E-state index contributed by atoms with van der Waals surface area (Å²) in [5, 5.41) is 2.71. The Morgan fingerprint density at radius 1 is 1.43 bits per heavy atom. The van der Waals surface area contributed by atoms with Crippen molar-refractivity contribution >= 4 is 5.91 Å². The molecule has 5 heteroatoms. The number of pyridine rings is 1. The number of carbonyl (C=O) groups is 1. The Hall–Kier alpha value is -2.74. The molecular formula is C16H16N2O3. The van der Waals surface area contributed by atoms with E-state index >= 15 is 0 Å². The Morgan fingerprint density at radius 3 is 2.95 bits per heavy atom. The lowest BCUT2D eigenvalue weighted by Crippen LogP contribution is -2.23. The largest absolute Gasteiger partial charge is 0.479 e. The minimum absolute atomic E-state index is 0.188. The summed E-state index contributed by atoms with van der Waals surface area (Å²) in [6.07, 6.45) is 3.29. The Morgan fingerprint density at radius 2 is 2.29 bits per heavy atom. The third-order valence-corrected chi connectivity index (χ3v) is 2.69. The van der Waals surface area contributed by atoms with Crippen molar-refractivity contribution in [2.75, 3.05) is 13.2 Å². The molecule has 0 unspecified atom stereocenters. The first-order chi connectivity index (χ1) is 10.2. The van der Waals surface area contributed by atoms with Crippen LogP contribution < -0.4 is 10.1 Å². The third-order valence-electron chi connectivity index (χ3n) is 2.69. The predicted octanol–water partition coefficient (Wildman–Crippen LogP) is 2.10. The molecular weight excluding hydrogens is 268 g/mol. The highest BCUT2D eigenvalue weighted by molar-refractivity contribution is 5.95. The zero-order valence-electron chi connectivity index (χ0n) is 12.0. The van der Waals surface area contributed by atoms with E-state index in [4.69, 9.17) is 9.15 Å². The van der Waals surface area contributed by atoms with E-state index in [1.54, 1.807) is 44.4 Å². The van der Waals surface area contributed by atoms with Crippen molar-refractivity contribution in [1.82, 2.24) is 10.3 Å². The van der Waals surface area contributed by atoms with Gasteiger partial charge >= 0.3 is 0 Å². The molecule has 0 aliphatic heterocycles. The Bertz CT molecular complexity index is 666. The van der Waals surface area contributed by atoms with E-state index in [1.807, 2.05) is 0 Å². The standard InChI is InChI=1S/C16H16N2O3/c1-12-10-15(13(2)21-12)16(19)18-8-3-4-9-20-14-6-5-7-17-11-14/h5-7,10-11H,8-9H2,1-2H3,(H,18,19). The summed E-state index contributed by atoms with van der Waals surface area (Å²) >= 11 is 0. The zero-order valence-corrected chi connectivity index (χ0v) is 12.0. The van der Waals surface area contributed by atoms with Crippen molar-refractivity contribution in [3.63, 3.8) is 0 Å². The second-order valence-corrected chi connectivity index (χ2v) is 4.34.